The highest BCUT2D eigenvalue weighted by Crippen LogP contribution is 2.31. The second kappa shape index (κ2) is 4.98. The molecule has 0 saturated carbocycles. The number of alkyl halides is 1. The van der Waals surface area contributed by atoms with Crippen LogP contribution in [0.25, 0.3) is 10.8 Å². The summed E-state index contributed by atoms with van der Waals surface area (Å²) in [5.74, 6) is 1.61. The summed E-state index contributed by atoms with van der Waals surface area (Å²) < 4.78 is 10.6. The lowest BCUT2D eigenvalue weighted by Gasteiger charge is -2.09. The molecule has 0 radical (unpaired) electrons. The Morgan fingerprint density at radius 3 is 2.58 bits per heavy atom. The van der Waals surface area contributed by atoms with Gasteiger partial charge in [0, 0.05) is 0 Å². The molecule has 1 atom stereocenters. The van der Waals surface area contributed by atoms with E-state index in [9.17, 15) is 0 Å². The maximum absolute atomic E-state index is 6.41. The number of benzene rings is 2. The van der Waals surface area contributed by atoms with E-state index in [0.717, 1.165) is 27.8 Å². The van der Waals surface area contributed by atoms with E-state index in [0.29, 0.717) is 0 Å². The average molecular weight is 273 g/mol. The van der Waals surface area contributed by atoms with Crippen molar-refractivity contribution in [2.75, 3.05) is 7.11 Å². The molecule has 0 amide bonds. The van der Waals surface area contributed by atoms with E-state index in [2.05, 4.69) is 6.07 Å². The number of hydrogen-bond acceptors (Lipinski definition) is 2. The van der Waals surface area contributed by atoms with Crippen LogP contribution in [0.3, 0.4) is 0 Å². The summed E-state index contributed by atoms with van der Waals surface area (Å²) >= 11 is 6.41. The van der Waals surface area contributed by atoms with Crippen LogP contribution >= 0.6 is 11.6 Å². The minimum Gasteiger partial charge on any atom is -0.497 e. The first-order valence-corrected chi connectivity index (χ1v) is 6.47. The highest BCUT2D eigenvalue weighted by molar-refractivity contribution is 6.22. The summed E-state index contributed by atoms with van der Waals surface area (Å²) in [5, 5.41) is 2.00. The van der Waals surface area contributed by atoms with E-state index in [4.69, 9.17) is 20.8 Å². The highest BCUT2D eigenvalue weighted by Gasteiger charge is 2.13. The zero-order valence-electron chi connectivity index (χ0n) is 10.5. The largest absolute Gasteiger partial charge is 0.497 e. The Hall–Kier alpha value is -1.93. The van der Waals surface area contributed by atoms with Gasteiger partial charge in [-0.25, -0.2) is 0 Å². The molecule has 0 fully saturated rings. The summed E-state index contributed by atoms with van der Waals surface area (Å²) in [6.45, 7) is 0. The molecule has 0 aliphatic carbocycles. The minimum absolute atomic E-state index is 0.262. The molecule has 0 bridgehead atoms. The summed E-state index contributed by atoms with van der Waals surface area (Å²) in [4.78, 5) is 0. The van der Waals surface area contributed by atoms with E-state index < -0.39 is 0 Å². The van der Waals surface area contributed by atoms with Crippen molar-refractivity contribution >= 4 is 22.4 Å². The molecule has 1 heterocycles. The molecule has 0 saturated heterocycles. The molecule has 0 spiro atoms. The molecule has 1 aromatic heterocycles. The fourth-order valence-electron chi connectivity index (χ4n) is 2.13. The predicted octanol–water partition coefficient (Wildman–Crippen LogP) is 4.77. The van der Waals surface area contributed by atoms with Gasteiger partial charge in [-0.2, -0.15) is 0 Å². The number of fused-ring (bicyclic) bond motifs is 1. The van der Waals surface area contributed by atoms with Crippen LogP contribution < -0.4 is 4.74 Å². The summed E-state index contributed by atoms with van der Waals surface area (Å²) in [6.07, 6.45) is 1.64. The summed E-state index contributed by atoms with van der Waals surface area (Å²) in [6, 6.07) is 15.9. The molecule has 3 aromatic rings. The molecule has 19 heavy (non-hydrogen) atoms. The molecule has 3 heteroatoms. The maximum atomic E-state index is 6.41. The second-order valence-electron chi connectivity index (χ2n) is 4.35. The van der Waals surface area contributed by atoms with Crippen LogP contribution in [-0.2, 0) is 0 Å². The first-order chi connectivity index (χ1) is 9.28. The van der Waals surface area contributed by atoms with E-state index in [1.807, 2.05) is 42.5 Å². The smallest absolute Gasteiger partial charge is 0.126 e. The molecule has 0 N–H and O–H groups in total. The number of furan rings is 1. The fraction of sp³-hybridized carbons (Fsp3) is 0.125. The van der Waals surface area contributed by atoms with Crippen LogP contribution in [0.1, 0.15) is 16.7 Å². The molecule has 96 valence electrons. The summed E-state index contributed by atoms with van der Waals surface area (Å²) in [7, 11) is 1.67. The Morgan fingerprint density at radius 1 is 1.05 bits per heavy atom. The van der Waals surface area contributed by atoms with Crippen molar-refractivity contribution in [1.29, 1.82) is 0 Å². The minimum atomic E-state index is -0.262. The van der Waals surface area contributed by atoms with Gasteiger partial charge in [0.2, 0.25) is 0 Å². The van der Waals surface area contributed by atoms with Crippen LogP contribution in [-0.4, -0.2) is 7.11 Å². The second-order valence-corrected chi connectivity index (χ2v) is 4.79. The lowest BCUT2D eigenvalue weighted by molar-refractivity contribution is 0.415. The number of rotatable bonds is 3. The molecular weight excluding hydrogens is 260 g/mol. The molecular formula is C16H13ClO2. The van der Waals surface area contributed by atoms with Gasteiger partial charge in [-0.1, -0.05) is 18.2 Å². The number of hydrogen-bond donors (Lipinski definition) is 0. The predicted molar refractivity (Wildman–Crippen MR) is 76.9 cm³/mol. The van der Waals surface area contributed by atoms with Crippen molar-refractivity contribution < 1.29 is 9.15 Å². The zero-order chi connectivity index (χ0) is 13.2. The van der Waals surface area contributed by atoms with Crippen LogP contribution in [0.2, 0.25) is 0 Å². The van der Waals surface area contributed by atoms with E-state index >= 15 is 0 Å². The monoisotopic (exact) mass is 272 g/mol. The van der Waals surface area contributed by atoms with Gasteiger partial charge in [-0.05, 0) is 46.7 Å². The van der Waals surface area contributed by atoms with Gasteiger partial charge in [0.1, 0.15) is 16.9 Å². The third-order valence-electron chi connectivity index (χ3n) is 3.16. The van der Waals surface area contributed by atoms with Crippen molar-refractivity contribution in [2.24, 2.45) is 0 Å². The van der Waals surface area contributed by atoms with Gasteiger partial charge in [0.15, 0.2) is 0 Å². The zero-order valence-corrected chi connectivity index (χ0v) is 11.2. The van der Waals surface area contributed by atoms with Gasteiger partial charge >= 0.3 is 0 Å². The molecule has 1 unspecified atom stereocenters. The van der Waals surface area contributed by atoms with E-state index in [1.54, 1.807) is 13.4 Å². The van der Waals surface area contributed by atoms with Gasteiger partial charge in [0.05, 0.1) is 13.4 Å². The van der Waals surface area contributed by atoms with Crippen LogP contribution in [0.4, 0.5) is 0 Å². The van der Waals surface area contributed by atoms with Gasteiger partial charge in [0.25, 0.3) is 0 Å². The Kier molecular flexibility index (Phi) is 3.18. The first-order valence-electron chi connectivity index (χ1n) is 6.03. The van der Waals surface area contributed by atoms with Crippen molar-refractivity contribution in [2.45, 2.75) is 5.38 Å². The highest BCUT2D eigenvalue weighted by atomic mass is 35.5. The lowest BCUT2D eigenvalue weighted by atomic mass is 10.0. The topological polar surface area (TPSA) is 22.4 Å². The van der Waals surface area contributed by atoms with Crippen LogP contribution in [0.15, 0.2) is 59.2 Å². The number of methoxy groups -OCH3 is 1. The first kappa shape index (κ1) is 12.1. The normalized spacial score (nSPS) is 12.5. The number of halogens is 1. The van der Waals surface area contributed by atoms with Gasteiger partial charge in [-0.15, -0.1) is 11.6 Å². The average Bonchev–Trinajstić information content (AvgIpc) is 2.99. The number of ether oxygens (including phenoxy) is 1. The van der Waals surface area contributed by atoms with Crippen molar-refractivity contribution in [3.63, 3.8) is 0 Å². The van der Waals surface area contributed by atoms with Crippen molar-refractivity contribution in [3.05, 3.63) is 66.1 Å². The Labute approximate surface area is 116 Å². The third kappa shape index (κ3) is 2.32. The molecule has 3 rings (SSSR count). The third-order valence-corrected chi connectivity index (χ3v) is 3.62. The van der Waals surface area contributed by atoms with E-state index in [1.165, 1.54) is 0 Å². The van der Waals surface area contributed by atoms with Crippen molar-refractivity contribution in [3.8, 4) is 5.75 Å². The Morgan fingerprint density at radius 2 is 1.84 bits per heavy atom. The molecule has 0 aliphatic heterocycles. The standard InChI is InChI=1S/C16H13ClO2/c1-18-14-7-6-11-9-13(5-4-12(11)10-14)16(17)15-3-2-8-19-15/h2-10,16H,1H3. The van der Waals surface area contributed by atoms with Gasteiger partial charge < -0.3 is 9.15 Å². The van der Waals surface area contributed by atoms with Crippen molar-refractivity contribution in [1.82, 2.24) is 0 Å². The van der Waals surface area contributed by atoms with Crippen LogP contribution in [0, 0.1) is 0 Å². The Balaban J connectivity index is 2.02. The van der Waals surface area contributed by atoms with E-state index in [-0.39, 0.29) is 5.38 Å². The SMILES string of the molecule is COc1ccc2cc(C(Cl)c3ccco3)ccc2c1. The lowest BCUT2D eigenvalue weighted by Crippen LogP contribution is -1.91. The molecule has 2 aromatic carbocycles. The molecule has 2 nitrogen and oxygen atoms in total. The quantitative estimate of drug-likeness (QED) is 0.641. The Bertz CT molecular complexity index is 689. The molecule has 0 aliphatic rings. The fourth-order valence-corrected chi connectivity index (χ4v) is 2.39. The summed E-state index contributed by atoms with van der Waals surface area (Å²) in [5.41, 5.74) is 1.02. The van der Waals surface area contributed by atoms with Crippen LogP contribution in [0.5, 0.6) is 5.75 Å². The van der Waals surface area contributed by atoms with Gasteiger partial charge in [-0.3, -0.25) is 0 Å². The maximum Gasteiger partial charge on any atom is 0.126 e.